The predicted octanol–water partition coefficient (Wildman–Crippen LogP) is 3.66. The zero-order chi connectivity index (χ0) is 20.5. The molecule has 0 aromatic heterocycles. The highest BCUT2D eigenvalue weighted by atomic mass is 16.5. The Balaban J connectivity index is 1.15. The molecular weight excluding hydrogens is 376 g/mol. The second-order valence-electron chi connectivity index (χ2n) is 8.69. The molecule has 2 fully saturated rings. The molecule has 2 aromatic rings. The Kier molecular flexibility index (Phi) is 5.19. The van der Waals surface area contributed by atoms with Gasteiger partial charge in [0.05, 0.1) is 0 Å². The number of rotatable bonds is 4. The number of amides is 2. The van der Waals surface area contributed by atoms with Crippen LogP contribution in [0.25, 0.3) is 0 Å². The fraction of sp³-hybridized carbons (Fsp3) is 0.440. The van der Waals surface area contributed by atoms with Crippen LogP contribution in [0.15, 0.2) is 48.5 Å². The Morgan fingerprint density at radius 2 is 1.50 bits per heavy atom. The lowest BCUT2D eigenvalue weighted by atomic mass is 9.99. The maximum Gasteiger partial charge on any atom is 0.254 e. The van der Waals surface area contributed by atoms with Gasteiger partial charge < -0.3 is 14.5 Å². The second kappa shape index (κ2) is 8.13. The molecular formula is C25H28N2O3. The van der Waals surface area contributed by atoms with Crippen LogP contribution in [-0.4, -0.2) is 47.4 Å². The van der Waals surface area contributed by atoms with Gasteiger partial charge in [0.1, 0.15) is 11.9 Å². The molecule has 156 valence electrons. The fourth-order valence-electron chi connectivity index (χ4n) is 4.50. The molecule has 2 amide bonds. The highest BCUT2D eigenvalue weighted by Gasteiger charge is 2.35. The van der Waals surface area contributed by atoms with Crippen molar-refractivity contribution in [1.29, 1.82) is 0 Å². The number of hydrogen-bond donors (Lipinski definition) is 0. The number of hydrogen-bond acceptors (Lipinski definition) is 3. The van der Waals surface area contributed by atoms with Crippen LogP contribution >= 0.6 is 0 Å². The van der Waals surface area contributed by atoms with Gasteiger partial charge in [-0.15, -0.1) is 0 Å². The van der Waals surface area contributed by atoms with Gasteiger partial charge >= 0.3 is 0 Å². The Hall–Kier alpha value is -2.82. The smallest absolute Gasteiger partial charge is 0.254 e. The van der Waals surface area contributed by atoms with Gasteiger partial charge in [0.15, 0.2) is 0 Å². The SMILES string of the molecule is O=C(c1ccc(OC2CCN(C(=O)C3CC3)CC2)cc1)N1CCc2ccccc2C1. The Morgan fingerprint density at radius 3 is 2.20 bits per heavy atom. The third-order valence-corrected chi connectivity index (χ3v) is 6.50. The molecule has 5 heteroatoms. The summed E-state index contributed by atoms with van der Waals surface area (Å²) in [5, 5.41) is 0. The first-order valence-corrected chi connectivity index (χ1v) is 11.1. The third-order valence-electron chi connectivity index (χ3n) is 6.50. The van der Waals surface area contributed by atoms with Gasteiger partial charge in [-0.25, -0.2) is 0 Å². The molecule has 0 N–H and O–H groups in total. The van der Waals surface area contributed by atoms with E-state index in [0.29, 0.717) is 23.9 Å². The minimum Gasteiger partial charge on any atom is -0.490 e. The van der Waals surface area contributed by atoms with E-state index in [1.54, 1.807) is 0 Å². The summed E-state index contributed by atoms with van der Waals surface area (Å²) in [6.07, 6.45) is 4.89. The van der Waals surface area contributed by atoms with Crippen LogP contribution in [-0.2, 0) is 17.8 Å². The van der Waals surface area contributed by atoms with Crippen molar-refractivity contribution in [2.24, 2.45) is 5.92 Å². The van der Waals surface area contributed by atoms with Crippen LogP contribution in [0.4, 0.5) is 0 Å². The van der Waals surface area contributed by atoms with Crippen LogP contribution in [0.5, 0.6) is 5.75 Å². The van der Waals surface area contributed by atoms with Crippen molar-refractivity contribution in [3.63, 3.8) is 0 Å². The van der Waals surface area contributed by atoms with Crippen LogP contribution in [0, 0.1) is 5.92 Å². The molecule has 2 aliphatic heterocycles. The molecule has 1 aliphatic carbocycles. The van der Waals surface area contributed by atoms with Crippen LogP contribution < -0.4 is 4.74 Å². The number of benzene rings is 2. The lowest BCUT2D eigenvalue weighted by Crippen LogP contribution is -2.42. The monoisotopic (exact) mass is 404 g/mol. The van der Waals surface area contributed by atoms with Crippen molar-refractivity contribution in [2.45, 2.75) is 44.8 Å². The topological polar surface area (TPSA) is 49.9 Å². The summed E-state index contributed by atoms with van der Waals surface area (Å²) < 4.78 is 6.12. The first kappa shape index (κ1) is 19.2. The van der Waals surface area contributed by atoms with Crippen LogP contribution in [0.1, 0.15) is 47.2 Å². The highest BCUT2D eigenvalue weighted by molar-refractivity contribution is 5.94. The van der Waals surface area contributed by atoms with Crippen molar-refractivity contribution < 1.29 is 14.3 Å². The lowest BCUT2D eigenvalue weighted by Gasteiger charge is -2.32. The molecule has 3 aliphatic rings. The molecule has 0 atom stereocenters. The molecule has 0 bridgehead atoms. The first-order valence-electron chi connectivity index (χ1n) is 11.1. The second-order valence-corrected chi connectivity index (χ2v) is 8.69. The summed E-state index contributed by atoms with van der Waals surface area (Å²) in [5.41, 5.74) is 3.28. The van der Waals surface area contributed by atoms with Gasteiger partial charge in [-0.05, 0) is 54.7 Å². The van der Waals surface area contributed by atoms with E-state index in [1.165, 1.54) is 11.1 Å². The molecule has 2 aromatic carbocycles. The van der Waals surface area contributed by atoms with Crippen molar-refractivity contribution in [2.75, 3.05) is 19.6 Å². The van der Waals surface area contributed by atoms with Crippen molar-refractivity contribution >= 4 is 11.8 Å². The Morgan fingerprint density at radius 1 is 0.800 bits per heavy atom. The van der Waals surface area contributed by atoms with E-state index in [-0.39, 0.29) is 12.0 Å². The van der Waals surface area contributed by atoms with E-state index in [0.717, 1.165) is 57.5 Å². The minimum atomic E-state index is 0.0722. The molecule has 30 heavy (non-hydrogen) atoms. The molecule has 5 nitrogen and oxygen atoms in total. The molecule has 1 saturated heterocycles. The first-order chi connectivity index (χ1) is 14.7. The Bertz CT molecular complexity index is 928. The maximum absolute atomic E-state index is 12.9. The minimum absolute atomic E-state index is 0.0722. The number of nitrogens with zero attached hydrogens (tertiary/aromatic N) is 2. The van der Waals surface area contributed by atoms with E-state index in [9.17, 15) is 9.59 Å². The molecule has 0 spiro atoms. The molecule has 5 rings (SSSR count). The number of fused-ring (bicyclic) bond motifs is 1. The average molecular weight is 405 g/mol. The van der Waals surface area contributed by atoms with E-state index < -0.39 is 0 Å². The lowest BCUT2D eigenvalue weighted by molar-refractivity contribution is -0.134. The van der Waals surface area contributed by atoms with Crippen molar-refractivity contribution in [1.82, 2.24) is 9.80 Å². The average Bonchev–Trinajstić information content (AvgIpc) is 3.64. The quantitative estimate of drug-likeness (QED) is 0.781. The van der Waals surface area contributed by atoms with Gasteiger partial charge in [-0.1, -0.05) is 24.3 Å². The van der Waals surface area contributed by atoms with E-state index >= 15 is 0 Å². The van der Waals surface area contributed by atoms with Crippen LogP contribution in [0.2, 0.25) is 0 Å². The maximum atomic E-state index is 12.9. The molecule has 0 unspecified atom stereocenters. The van der Waals surface area contributed by atoms with E-state index in [4.69, 9.17) is 4.74 Å². The summed E-state index contributed by atoms with van der Waals surface area (Å²) in [6, 6.07) is 15.9. The van der Waals surface area contributed by atoms with Gasteiger partial charge in [-0.3, -0.25) is 9.59 Å². The summed E-state index contributed by atoms with van der Waals surface area (Å²) in [5.74, 6) is 1.49. The molecule has 1 saturated carbocycles. The summed E-state index contributed by atoms with van der Waals surface area (Å²) >= 11 is 0. The number of carbonyl (C=O) groups excluding carboxylic acids is 2. The van der Waals surface area contributed by atoms with Crippen LogP contribution in [0.3, 0.4) is 0 Å². The number of piperidine rings is 1. The number of likely N-dealkylation sites (tertiary alicyclic amines) is 1. The van der Waals surface area contributed by atoms with Gasteiger partial charge in [0.2, 0.25) is 5.91 Å². The normalized spacial score (nSPS) is 19.3. The number of ether oxygens (including phenoxy) is 1. The van der Waals surface area contributed by atoms with E-state index in [1.807, 2.05) is 40.1 Å². The largest absolute Gasteiger partial charge is 0.490 e. The molecule has 0 radical (unpaired) electrons. The summed E-state index contributed by atoms with van der Waals surface area (Å²) in [7, 11) is 0. The number of carbonyl (C=O) groups is 2. The Labute approximate surface area is 177 Å². The summed E-state index contributed by atoms with van der Waals surface area (Å²) in [4.78, 5) is 29.0. The van der Waals surface area contributed by atoms with Crippen molar-refractivity contribution in [3.05, 3.63) is 65.2 Å². The van der Waals surface area contributed by atoms with Gasteiger partial charge in [-0.2, -0.15) is 0 Å². The van der Waals surface area contributed by atoms with Gasteiger partial charge in [0.25, 0.3) is 5.91 Å². The zero-order valence-electron chi connectivity index (χ0n) is 17.3. The zero-order valence-corrected chi connectivity index (χ0v) is 17.3. The summed E-state index contributed by atoms with van der Waals surface area (Å²) in [6.45, 7) is 3.00. The standard InChI is InChI=1S/C25H28N2O3/c28-24(19-5-6-19)26-15-12-23(13-16-26)30-22-9-7-20(8-10-22)25(29)27-14-11-18-3-1-2-4-21(18)17-27/h1-4,7-10,19,23H,5-6,11-17H2. The predicted molar refractivity (Wildman–Crippen MR) is 114 cm³/mol. The van der Waals surface area contributed by atoms with Crippen molar-refractivity contribution in [3.8, 4) is 5.75 Å². The van der Waals surface area contributed by atoms with Gasteiger partial charge in [0, 0.05) is 50.5 Å². The third kappa shape index (κ3) is 4.07. The highest BCUT2D eigenvalue weighted by Crippen LogP contribution is 2.32. The molecule has 2 heterocycles. The van der Waals surface area contributed by atoms with E-state index in [2.05, 4.69) is 18.2 Å². The fourth-order valence-corrected chi connectivity index (χ4v) is 4.50.